The molecular weight excluding hydrogens is 392 g/mol. The third-order valence-corrected chi connectivity index (χ3v) is 6.62. The van der Waals surface area contributed by atoms with Crippen molar-refractivity contribution in [1.29, 1.82) is 0 Å². The Morgan fingerprint density at radius 1 is 1.07 bits per heavy atom. The van der Waals surface area contributed by atoms with Gasteiger partial charge in [0.1, 0.15) is 4.83 Å². The van der Waals surface area contributed by atoms with Crippen LogP contribution in [0.1, 0.15) is 29.1 Å². The first kappa shape index (κ1) is 20.3. The van der Waals surface area contributed by atoms with Gasteiger partial charge < -0.3 is 15.1 Å². The second kappa shape index (κ2) is 8.70. The Labute approximate surface area is 172 Å². The van der Waals surface area contributed by atoms with Gasteiger partial charge >= 0.3 is 0 Å². The first-order valence-electron chi connectivity index (χ1n) is 9.17. The van der Waals surface area contributed by atoms with Crippen LogP contribution in [0.4, 0.5) is 10.8 Å². The van der Waals surface area contributed by atoms with Gasteiger partial charge in [0, 0.05) is 32.9 Å². The van der Waals surface area contributed by atoms with E-state index in [1.54, 1.807) is 30.3 Å². The van der Waals surface area contributed by atoms with Crippen LogP contribution in [0.2, 0.25) is 0 Å². The minimum absolute atomic E-state index is 0.0482. The molecule has 2 aromatic heterocycles. The van der Waals surface area contributed by atoms with Gasteiger partial charge in [0.25, 0.3) is 5.91 Å². The number of nitrogens with zero attached hydrogens (tertiary/aromatic N) is 3. The third kappa shape index (κ3) is 4.51. The van der Waals surface area contributed by atoms with E-state index in [2.05, 4.69) is 29.0 Å². The normalized spacial score (nSPS) is 10.9. The fourth-order valence-corrected chi connectivity index (χ4v) is 4.93. The average molecular weight is 417 g/mol. The van der Waals surface area contributed by atoms with Crippen molar-refractivity contribution >= 4 is 54.8 Å². The number of thiazole rings is 1. The number of hydrogen-bond acceptors (Lipinski definition) is 6. The summed E-state index contributed by atoms with van der Waals surface area (Å²) in [6.07, 6.45) is 0.350. The van der Waals surface area contributed by atoms with Gasteiger partial charge in [-0.3, -0.25) is 9.59 Å². The lowest BCUT2D eigenvalue weighted by Gasteiger charge is -2.16. The van der Waals surface area contributed by atoms with Gasteiger partial charge in [0.05, 0.1) is 16.0 Å². The van der Waals surface area contributed by atoms with Gasteiger partial charge in [-0.2, -0.15) is 0 Å². The van der Waals surface area contributed by atoms with Crippen molar-refractivity contribution in [3.05, 3.63) is 40.8 Å². The van der Waals surface area contributed by atoms with E-state index in [9.17, 15) is 9.59 Å². The van der Waals surface area contributed by atoms with E-state index in [4.69, 9.17) is 0 Å². The molecule has 1 N–H and O–H groups in total. The van der Waals surface area contributed by atoms with Crippen LogP contribution in [0.5, 0.6) is 0 Å². The molecule has 2 amide bonds. The smallest absolute Gasteiger partial charge is 0.265 e. The number of aromatic nitrogens is 1. The molecule has 0 atom stereocenters. The van der Waals surface area contributed by atoms with Crippen molar-refractivity contribution in [2.45, 2.75) is 20.3 Å². The summed E-state index contributed by atoms with van der Waals surface area (Å²) < 4.78 is 1.04. The second-order valence-corrected chi connectivity index (χ2v) is 8.60. The Morgan fingerprint density at radius 3 is 2.32 bits per heavy atom. The van der Waals surface area contributed by atoms with Crippen molar-refractivity contribution in [3.63, 3.8) is 0 Å². The van der Waals surface area contributed by atoms with Crippen LogP contribution in [0.15, 0.2) is 30.3 Å². The summed E-state index contributed by atoms with van der Waals surface area (Å²) >= 11 is 3.03. The summed E-state index contributed by atoms with van der Waals surface area (Å²) in [5.74, 6) is -0.0938. The topological polar surface area (TPSA) is 65.5 Å². The van der Waals surface area contributed by atoms with E-state index < -0.39 is 0 Å². The number of rotatable bonds is 7. The summed E-state index contributed by atoms with van der Waals surface area (Å²) in [5, 5.41) is 3.92. The van der Waals surface area contributed by atoms with Crippen molar-refractivity contribution in [2.75, 3.05) is 37.4 Å². The van der Waals surface area contributed by atoms with E-state index >= 15 is 0 Å². The lowest BCUT2D eigenvalue weighted by atomic mass is 10.1. The number of amides is 2. The molecule has 3 aromatic rings. The SMILES string of the molecule is CCN(CC)c1nc2sc(C(=O)Nc3ccc(CC(=O)N(C)C)cc3)cc2s1. The molecule has 0 aliphatic heterocycles. The second-order valence-electron chi connectivity index (χ2n) is 6.56. The van der Waals surface area contributed by atoms with Crippen LogP contribution < -0.4 is 10.2 Å². The van der Waals surface area contributed by atoms with Crippen LogP contribution in [0, 0.1) is 0 Å². The summed E-state index contributed by atoms with van der Waals surface area (Å²) in [6.45, 7) is 6.06. The molecule has 2 heterocycles. The molecule has 0 spiro atoms. The van der Waals surface area contributed by atoms with Crippen molar-refractivity contribution < 1.29 is 9.59 Å². The number of anilines is 2. The van der Waals surface area contributed by atoms with Gasteiger partial charge in [-0.1, -0.05) is 23.5 Å². The molecule has 0 aliphatic carbocycles. The molecule has 3 rings (SSSR count). The standard InChI is InChI=1S/C20H24N4O2S2/c1-5-24(6-2)20-22-19-16(28-20)12-15(27-19)18(26)21-14-9-7-13(8-10-14)11-17(25)23(3)4/h7-10,12H,5-6,11H2,1-4H3,(H,21,26). The lowest BCUT2D eigenvalue weighted by Crippen LogP contribution is -2.23. The monoisotopic (exact) mass is 416 g/mol. The Morgan fingerprint density at radius 2 is 1.75 bits per heavy atom. The fourth-order valence-electron chi connectivity index (χ4n) is 2.70. The van der Waals surface area contributed by atoms with Crippen LogP contribution in [0.3, 0.4) is 0 Å². The summed E-state index contributed by atoms with van der Waals surface area (Å²) in [5.41, 5.74) is 1.63. The summed E-state index contributed by atoms with van der Waals surface area (Å²) in [4.78, 5) is 34.3. The molecule has 0 bridgehead atoms. The number of thiophene rings is 1. The molecule has 0 radical (unpaired) electrons. The first-order chi connectivity index (χ1) is 13.4. The fraction of sp³-hybridized carbons (Fsp3) is 0.350. The number of nitrogens with one attached hydrogen (secondary N) is 1. The van der Waals surface area contributed by atoms with Gasteiger partial charge in [-0.05, 0) is 37.6 Å². The number of hydrogen-bond donors (Lipinski definition) is 1. The van der Waals surface area contributed by atoms with Crippen LogP contribution in [-0.4, -0.2) is 48.9 Å². The molecule has 0 saturated carbocycles. The molecule has 0 fully saturated rings. The molecule has 0 saturated heterocycles. The number of fused-ring (bicyclic) bond motifs is 1. The Kier molecular flexibility index (Phi) is 6.31. The largest absolute Gasteiger partial charge is 0.349 e. The highest BCUT2D eigenvalue weighted by atomic mass is 32.1. The van der Waals surface area contributed by atoms with Crippen LogP contribution in [-0.2, 0) is 11.2 Å². The maximum absolute atomic E-state index is 12.6. The number of carbonyl (C=O) groups is 2. The molecule has 0 aliphatic rings. The highest BCUT2D eigenvalue weighted by molar-refractivity contribution is 7.29. The maximum Gasteiger partial charge on any atom is 0.265 e. The summed E-state index contributed by atoms with van der Waals surface area (Å²) in [7, 11) is 3.48. The van der Waals surface area contributed by atoms with Crippen LogP contribution in [0.25, 0.3) is 9.53 Å². The first-order valence-corrected chi connectivity index (χ1v) is 10.8. The van der Waals surface area contributed by atoms with Crippen LogP contribution >= 0.6 is 22.7 Å². The van der Waals surface area contributed by atoms with Crippen molar-refractivity contribution in [3.8, 4) is 0 Å². The van der Waals surface area contributed by atoms with E-state index in [0.29, 0.717) is 17.0 Å². The zero-order valence-corrected chi connectivity index (χ0v) is 18.1. The molecule has 28 heavy (non-hydrogen) atoms. The van der Waals surface area contributed by atoms with Crippen molar-refractivity contribution in [2.24, 2.45) is 0 Å². The Balaban J connectivity index is 1.67. The maximum atomic E-state index is 12.6. The molecule has 148 valence electrons. The average Bonchev–Trinajstić information content (AvgIpc) is 3.23. The van der Waals surface area contributed by atoms with Gasteiger partial charge in [-0.25, -0.2) is 4.98 Å². The quantitative estimate of drug-likeness (QED) is 0.630. The zero-order chi connectivity index (χ0) is 20.3. The zero-order valence-electron chi connectivity index (χ0n) is 16.5. The molecule has 8 heteroatoms. The minimum Gasteiger partial charge on any atom is -0.349 e. The van der Waals surface area contributed by atoms with E-state index in [1.165, 1.54) is 11.3 Å². The molecule has 1 aromatic carbocycles. The highest BCUT2D eigenvalue weighted by Crippen LogP contribution is 2.34. The predicted octanol–water partition coefficient (Wildman–Crippen LogP) is 4.09. The predicted molar refractivity (Wildman–Crippen MR) is 118 cm³/mol. The summed E-state index contributed by atoms with van der Waals surface area (Å²) in [6, 6.07) is 9.28. The molecular formula is C20H24N4O2S2. The highest BCUT2D eigenvalue weighted by Gasteiger charge is 2.16. The number of carbonyl (C=O) groups excluding carboxylic acids is 2. The molecule has 6 nitrogen and oxygen atoms in total. The Hall–Kier alpha value is -2.45. The van der Waals surface area contributed by atoms with E-state index in [1.807, 2.05) is 30.3 Å². The molecule has 0 unspecified atom stereocenters. The van der Waals surface area contributed by atoms with Gasteiger partial charge in [0.15, 0.2) is 5.13 Å². The lowest BCUT2D eigenvalue weighted by molar-refractivity contribution is -0.127. The van der Waals surface area contributed by atoms with Gasteiger partial charge in [0.2, 0.25) is 5.91 Å². The third-order valence-electron chi connectivity index (χ3n) is 4.40. The van der Waals surface area contributed by atoms with Crippen molar-refractivity contribution in [1.82, 2.24) is 9.88 Å². The van der Waals surface area contributed by atoms with E-state index in [0.717, 1.165) is 33.3 Å². The number of likely N-dealkylation sites (N-methyl/N-ethyl adjacent to an activating group) is 1. The van der Waals surface area contributed by atoms with Gasteiger partial charge in [-0.15, -0.1) is 11.3 Å². The Bertz CT molecular complexity index is 940. The van der Waals surface area contributed by atoms with E-state index in [-0.39, 0.29) is 11.8 Å². The number of benzene rings is 1. The minimum atomic E-state index is -0.142.